The Kier molecular flexibility index (Phi) is 4.77. The number of nitrogens with one attached hydrogen (secondary N) is 1. The van der Waals surface area contributed by atoms with Crippen LogP contribution < -0.4 is 10.1 Å². The largest absolute Gasteiger partial charge is 0.473 e. The van der Waals surface area contributed by atoms with E-state index in [2.05, 4.69) is 29.0 Å². The van der Waals surface area contributed by atoms with Gasteiger partial charge in [0.05, 0.1) is 11.8 Å². The van der Waals surface area contributed by atoms with Crippen LogP contribution >= 0.6 is 0 Å². The molecule has 0 spiro atoms. The average molecular weight is 268 g/mol. The van der Waals surface area contributed by atoms with Crippen molar-refractivity contribution in [3.63, 3.8) is 0 Å². The maximum atomic E-state index is 5.68. The molecule has 1 heterocycles. The number of hydrogen-bond acceptors (Lipinski definition) is 3. The monoisotopic (exact) mass is 268 g/mol. The van der Waals surface area contributed by atoms with Crippen molar-refractivity contribution in [2.24, 2.45) is 0 Å². The molecule has 1 N–H and O–H groups in total. The summed E-state index contributed by atoms with van der Waals surface area (Å²) in [6.07, 6.45) is 1.83. The summed E-state index contributed by atoms with van der Waals surface area (Å²) in [7, 11) is 0. The minimum atomic E-state index is 0.0998. The van der Waals surface area contributed by atoms with Gasteiger partial charge in [0.15, 0.2) is 0 Å². The van der Waals surface area contributed by atoms with Crippen molar-refractivity contribution < 1.29 is 4.74 Å². The van der Waals surface area contributed by atoms with E-state index < -0.39 is 0 Å². The number of benzene rings is 1. The summed E-state index contributed by atoms with van der Waals surface area (Å²) in [5.41, 5.74) is 3.05. The zero-order valence-corrected chi connectivity index (χ0v) is 12.0. The molecule has 0 bridgehead atoms. The Morgan fingerprint density at radius 3 is 2.65 bits per heavy atom. The first-order valence-electron chi connectivity index (χ1n) is 6.75. The second-order valence-electron chi connectivity index (χ2n) is 4.85. The van der Waals surface area contributed by atoms with Gasteiger partial charge in [-0.25, -0.2) is 4.98 Å². The summed E-state index contributed by atoms with van der Waals surface area (Å²) in [5.74, 6) is 0.628. The van der Waals surface area contributed by atoms with Gasteiger partial charge in [0.25, 0.3) is 0 Å². The zero-order chi connectivity index (χ0) is 14.4. The van der Waals surface area contributed by atoms with Crippen molar-refractivity contribution in [1.29, 1.82) is 0 Å². The third kappa shape index (κ3) is 3.85. The summed E-state index contributed by atoms with van der Waals surface area (Å²) < 4.78 is 5.68. The lowest BCUT2D eigenvalue weighted by molar-refractivity contribution is 0.234. The van der Waals surface area contributed by atoms with Crippen molar-refractivity contribution in [2.75, 3.05) is 11.9 Å². The van der Waals surface area contributed by atoms with Crippen LogP contribution in [0.1, 0.15) is 19.4 Å². The molecule has 0 radical (unpaired) electrons. The zero-order valence-electron chi connectivity index (χ0n) is 12.0. The van der Waals surface area contributed by atoms with Gasteiger partial charge < -0.3 is 10.1 Å². The molecule has 0 saturated carbocycles. The molecule has 2 aromatic rings. The summed E-state index contributed by atoms with van der Waals surface area (Å²) in [6.45, 7) is 8.74. The fraction of sp³-hybridized carbons (Fsp3) is 0.235. The van der Waals surface area contributed by atoms with Crippen LogP contribution in [0.3, 0.4) is 0 Å². The van der Waals surface area contributed by atoms with E-state index in [0.29, 0.717) is 12.4 Å². The molecule has 104 valence electrons. The van der Waals surface area contributed by atoms with Crippen LogP contribution in [0, 0.1) is 0 Å². The van der Waals surface area contributed by atoms with Gasteiger partial charge in [0, 0.05) is 12.7 Å². The molecule has 20 heavy (non-hydrogen) atoms. The van der Waals surface area contributed by atoms with Crippen molar-refractivity contribution in [1.82, 2.24) is 4.98 Å². The number of anilines is 1. The Bertz CT molecular complexity index is 564. The number of ether oxygens (including phenoxy) is 1. The molecule has 0 atom stereocenters. The standard InChI is InChI=1S/C17H20N2O/c1-13(2)20-17-16(10-7-11-18-17)19-12-14(3)15-8-5-4-6-9-15/h4-11,13,19H,3,12H2,1-2H3. The fourth-order valence-corrected chi connectivity index (χ4v) is 1.82. The van der Waals surface area contributed by atoms with Crippen LogP contribution in [0.25, 0.3) is 5.57 Å². The predicted octanol–water partition coefficient (Wildman–Crippen LogP) is 3.99. The van der Waals surface area contributed by atoms with E-state index in [1.165, 1.54) is 0 Å². The topological polar surface area (TPSA) is 34.2 Å². The molecule has 0 aliphatic carbocycles. The van der Waals surface area contributed by atoms with Crippen LogP contribution in [-0.4, -0.2) is 17.6 Å². The third-order valence-electron chi connectivity index (χ3n) is 2.79. The summed E-state index contributed by atoms with van der Waals surface area (Å²) in [4.78, 5) is 4.26. The van der Waals surface area contributed by atoms with Crippen LogP contribution in [-0.2, 0) is 0 Å². The normalized spacial score (nSPS) is 10.3. The number of hydrogen-bond donors (Lipinski definition) is 1. The van der Waals surface area contributed by atoms with Crippen LogP contribution in [0.2, 0.25) is 0 Å². The van der Waals surface area contributed by atoms with Crippen LogP contribution in [0.4, 0.5) is 5.69 Å². The first kappa shape index (κ1) is 14.1. The summed E-state index contributed by atoms with van der Waals surface area (Å²) in [5, 5.41) is 3.33. The fourth-order valence-electron chi connectivity index (χ4n) is 1.82. The van der Waals surface area contributed by atoms with E-state index in [1.54, 1.807) is 6.20 Å². The highest BCUT2D eigenvalue weighted by atomic mass is 16.5. The Hall–Kier alpha value is -2.29. The van der Waals surface area contributed by atoms with Gasteiger partial charge in [-0.15, -0.1) is 0 Å². The van der Waals surface area contributed by atoms with Gasteiger partial charge in [-0.3, -0.25) is 0 Å². The minimum Gasteiger partial charge on any atom is -0.473 e. The quantitative estimate of drug-likeness (QED) is 0.860. The van der Waals surface area contributed by atoms with E-state index in [4.69, 9.17) is 4.74 Å². The molecule has 0 unspecified atom stereocenters. The predicted molar refractivity (Wildman–Crippen MR) is 84.0 cm³/mol. The molecule has 0 aliphatic rings. The number of aromatic nitrogens is 1. The molecule has 1 aromatic carbocycles. The molecular weight excluding hydrogens is 248 g/mol. The van der Waals surface area contributed by atoms with Crippen LogP contribution in [0.15, 0.2) is 55.2 Å². The van der Waals surface area contributed by atoms with E-state index in [1.807, 2.05) is 44.2 Å². The van der Waals surface area contributed by atoms with E-state index >= 15 is 0 Å². The maximum absolute atomic E-state index is 5.68. The lowest BCUT2D eigenvalue weighted by atomic mass is 10.1. The molecule has 2 rings (SSSR count). The van der Waals surface area contributed by atoms with Crippen molar-refractivity contribution in [3.05, 3.63) is 60.8 Å². The van der Waals surface area contributed by atoms with Gasteiger partial charge in [-0.05, 0) is 37.1 Å². The average Bonchev–Trinajstić information content (AvgIpc) is 2.46. The molecular formula is C17H20N2O. The number of nitrogens with zero attached hydrogens (tertiary/aromatic N) is 1. The molecule has 3 nitrogen and oxygen atoms in total. The van der Waals surface area contributed by atoms with E-state index in [-0.39, 0.29) is 6.10 Å². The minimum absolute atomic E-state index is 0.0998. The second kappa shape index (κ2) is 6.75. The molecule has 0 saturated heterocycles. The van der Waals surface area contributed by atoms with E-state index in [0.717, 1.165) is 16.8 Å². The highest BCUT2D eigenvalue weighted by molar-refractivity contribution is 5.68. The maximum Gasteiger partial charge on any atom is 0.237 e. The van der Waals surface area contributed by atoms with Crippen molar-refractivity contribution >= 4 is 11.3 Å². The Morgan fingerprint density at radius 1 is 1.20 bits per heavy atom. The van der Waals surface area contributed by atoms with Gasteiger partial charge in [-0.2, -0.15) is 0 Å². The third-order valence-corrected chi connectivity index (χ3v) is 2.79. The van der Waals surface area contributed by atoms with E-state index in [9.17, 15) is 0 Å². The lowest BCUT2D eigenvalue weighted by Gasteiger charge is -2.15. The van der Waals surface area contributed by atoms with Gasteiger partial charge >= 0.3 is 0 Å². The van der Waals surface area contributed by atoms with Crippen molar-refractivity contribution in [3.8, 4) is 5.88 Å². The second-order valence-corrected chi connectivity index (χ2v) is 4.85. The SMILES string of the molecule is C=C(CNc1cccnc1OC(C)C)c1ccccc1. The van der Waals surface area contributed by atoms with Gasteiger partial charge in [0.2, 0.25) is 5.88 Å². The highest BCUT2D eigenvalue weighted by Crippen LogP contribution is 2.23. The Morgan fingerprint density at radius 2 is 1.95 bits per heavy atom. The smallest absolute Gasteiger partial charge is 0.237 e. The number of rotatable bonds is 6. The molecule has 1 aromatic heterocycles. The molecule has 3 heteroatoms. The Labute approximate surface area is 120 Å². The molecule has 0 aliphatic heterocycles. The highest BCUT2D eigenvalue weighted by Gasteiger charge is 2.07. The first-order chi connectivity index (χ1) is 9.66. The number of pyridine rings is 1. The Balaban J connectivity index is 2.02. The van der Waals surface area contributed by atoms with Crippen molar-refractivity contribution in [2.45, 2.75) is 20.0 Å². The molecule has 0 fully saturated rings. The summed E-state index contributed by atoms with van der Waals surface area (Å²) >= 11 is 0. The van der Waals surface area contributed by atoms with Gasteiger partial charge in [-0.1, -0.05) is 36.9 Å². The van der Waals surface area contributed by atoms with Gasteiger partial charge in [0.1, 0.15) is 0 Å². The van der Waals surface area contributed by atoms with Crippen LogP contribution in [0.5, 0.6) is 5.88 Å². The summed E-state index contributed by atoms with van der Waals surface area (Å²) in [6, 6.07) is 14.0. The first-order valence-corrected chi connectivity index (χ1v) is 6.75. The lowest BCUT2D eigenvalue weighted by Crippen LogP contribution is -2.11. The molecule has 0 amide bonds.